The van der Waals surface area contributed by atoms with E-state index < -0.39 is 0 Å². The molecule has 15 heavy (non-hydrogen) atoms. The minimum Gasteiger partial charge on any atom is -0.325 e. The minimum atomic E-state index is -0.160. The molecule has 1 aromatic rings. The highest BCUT2D eigenvalue weighted by Crippen LogP contribution is 2.15. The third kappa shape index (κ3) is 5.25. The fraction of sp³-hybridized carbons (Fsp3) is 0.727. The van der Waals surface area contributed by atoms with E-state index >= 15 is 0 Å². The Balaban J connectivity index is 2.49. The summed E-state index contributed by atoms with van der Waals surface area (Å²) in [5.41, 5.74) is 6.92. The molecule has 3 nitrogen and oxygen atoms in total. The van der Waals surface area contributed by atoms with Gasteiger partial charge in [-0.3, -0.25) is 0 Å². The molecule has 0 amide bonds. The van der Waals surface area contributed by atoms with Crippen molar-refractivity contribution in [3.8, 4) is 0 Å². The molecule has 2 N–H and O–H groups in total. The van der Waals surface area contributed by atoms with Gasteiger partial charge >= 0.3 is 0 Å². The average molecular weight is 227 g/mol. The average Bonchev–Trinajstić information content (AvgIpc) is 2.45. The monoisotopic (exact) mass is 227 g/mol. The van der Waals surface area contributed by atoms with E-state index in [-0.39, 0.29) is 5.54 Å². The Morgan fingerprint density at radius 1 is 1.47 bits per heavy atom. The van der Waals surface area contributed by atoms with Gasteiger partial charge in [0.2, 0.25) is 0 Å². The molecule has 0 aliphatic rings. The molecular weight excluding hydrogens is 206 g/mol. The highest BCUT2D eigenvalue weighted by Gasteiger charge is 2.13. The van der Waals surface area contributed by atoms with Gasteiger partial charge in [-0.1, -0.05) is 0 Å². The van der Waals surface area contributed by atoms with Gasteiger partial charge in [-0.25, -0.2) is 4.98 Å². The number of rotatable bonds is 5. The van der Waals surface area contributed by atoms with Crippen LogP contribution in [-0.2, 0) is 12.8 Å². The van der Waals surface area contributed by atoms with E-state index in [1.165, 1.54) is 5.01 Å². The summed E-state index contributed by atoms with van der Waals surface area (Å²) in [5.74, 6) is 0. The summed E-state index contributed by atoms with van der Waals surface area (Å²) in [4.78, 5) is 6.75. The van der Waals surface area contributed by atoms with E-state index in [1.807, 2.05) is 13.8 Å². The standard InChI is InChI=1S/C11H21N3S/c1-11(2,12)7-9-8-15-10(13-9)5-6-14(3)4/h8H,5-7,12H2,1-4H3. The zero-order valence-corrected chi connectivity index (χ0v) is 10.9. The van der Waals surface area contributed by atoms with Crippen molar-refractivity contribution in [2.24, 2.45) is 5.73 Å². The Morgan fingerprint density at radius 3 is 2.67 bits per heavy atom. The lowest BCUT2D eigenvalue weighted by molar-refractivity contribution is 0.413. The van der Waals surface area contributed by atoms with E-state index in [9.17, 15) is 0 Å². The van der Waals surface area contributed by atoms with Crippen LogP contribution in [0.1, 0.15) is 24.5 Å². The van der Waals surface area contributed by atoms with Gasteiger partial charge < -0.3 is 10.6 Å². The molecule has 0 bridgehead atoms. The number of thiazole rings is 1. The van der Waals surface area contributed by atoms with Gasteiger partial charge in [-0.05, 0) is 27.9 Å². The lowest BCUT2D eigenvalue weighted by Gasteiger charge is -2.16. The minimum absolute atomic E-state index is 0.160. The maximum absolute atomic E-state index is 5.96. The van der Waals surface area contributed by atoms with Gasteiger partial charge in [0.05, 0.1) is 10.7 Å². The maximum atomic E-state index is 5.96. The third-order valence-corrected chi connectivity index (χ3v) is 2.97. The molecule has 0 atom stereocenters. The molecule has 0 saturated carbocycles. The number of hydrogen-bond acceptors (Lipinski definition) is 4. The first-order valence-corrected chi connectivity index (χ1v) is 6.12. The van der Waals surface area contributed by atoms with Crippen molar-refractivity contribution in [3.63, 3.8) is 0 Å². The maximum Gasteiger partial charge on any atom is 0.0941 e. The topological polar surface area (TPSA) is 42.2 Å². The summed E-state index contributed by atoms with van der Waals surface area (Å²) in [5, 5.41) is 3.34. The number of aromatic nitrogens is 1. The predicted octanol–water partition coefficient (Wildman–Crippen LogP) is 1.53. The second-order valence-corrected chi connectivity index (χ2v) is 5.89. The Labute approximate surface area is 96.3 Å². The molecule has 4 heteroatoms. The first kappa shape index (κ1) is 12.6. The van der Waals surface area contributed by atoms with Gasteiger partial charge in [0.1, 0.15) is 0 Å². The quantitative estimate of drug-likeness (QED) is 0.829. The van der Waals surface area contributed by atoms with Gasteiger partial charge in [-0.2, -0.15) is 0 Å². The fourth-order valence-corrected chi connectivity index (χ4v) is 2.12. The highest BCUT2D eigenvalue weighted by molar-refractivity contribution is 7.09. The second-order valence-electron chi connectivity index (χ2n) is 4.95. The van der Waals surface area contributed by atoms with Crippen LogP contribution < -0.4 is 5.73 Å². The first-order chi connectivity index (χ1) is 6.87. The second kappa shape index (κ2) is 5.05. The van der Waals surface area contributed by atoms with Gasteiger partial charge in [0.15, 0.2) is 0 Å². The Bertz CT molecular complexity index is 299. The van der Waals surface area contributed by atoms with Crippen LogP contribution in [0, 0.1) is 0 Å². The van der Waals surface area contributed by atoms with E-state index in [2.05, 4.69) is 29.4 Å². The van der Waals surface area contributed by atoms with Crippen molar-refractivity contribution in [1.29, 1.82) is 0 Å². The molecule has 0 aliphatic heterocycles. The van der Waals surface area contributed by atoms with E-state index in [0.29, 0.717) is 0 Å². The largest absolute Gasteiger partial charge is 0.325 e. The van der Waals surface area contributed by atoms with Crippen LogP contribution in [0.3, 0.4) is 0 Å². The van der Waals surface area contributed by atoms with Gasteiger partial charge in [0.25, 0.3) is 0 Å². The van der Waals surface area contributed by atoms with Gasteiger partial charge in [0, 0.05) is 30.3 Å². The van der Waals surface area contributed by atoms with Crippen LogP contribution in [0.15, 0.2) is 5.38 Å². The molecule has 0 aromatic carbocycles. The molecule has 1 heterocycles. The molecule has 0 radical (unpaired) electrons. The molecule has 0 aliphatic carbocycles. The Hall–Kier alpha value is -0.450. The molecule has 0 saturated heterocycles. The van der Waals surface area contributed by atoms with Crippen molar-refractivity contribution in [2.45, 2.75) is 32.2 Å². The van der Waals surface area contributed by atoms with E-state index in [0.717, 1.165) is 25.1 Å². The van der Waals surface area contributed by atoms with E-state index in [4.69, 9.17) is 5.73 Å². The van der Waals surface area contributed by atoms with Crippen molar-refractivity contribution >= 4 is 11.3 Å². The lowest BCUT2D eigenvalue weighted by Crippen LogP contribution is -2.34. The SMILES string of the molecule is CN(C)CCc1nc(CC(C)(C)N)cs1. The smallest absolute Gasteiger partial charge is 0.0941 e. The number of nitrogens with two attached hydrogens (primary N) is 1. The summed E-state index contributed by atoms with van der Waals surface area (Å²) >= 11 is 1.74. The fourth-order valence-electron chi connectivity index (χ4n) is 1.33. The molecule has 0 unspecified atom stereocenters. The number of nitrogens with zero attached hydrogens (tertiary/aromatic N) is 2. The molecule has 1 rings (SSSR count). The molecular formula is C11H21N3S. The zero-order chi connectivity index (χ0) is 11.5. The first-order valence-electron chi connectivity index (χ1n) is 5.24. The van der Waals surface area contributed by atoms with Crippen LogP contribution >= 0.6 is 11.3 Å². The number of likely N-dealkylation sites (N-methyl/N-ethyl adjacent to an activating group) is 1. The van der Waals surface area contributed by atoms with Crippen LogP contribution in [0.2, 0.25) is 0 Å². The molecule has 1 aromatic heterocycles. The van der Waals surface area contributed by atoms with Crippen LogP contribution in [-0.4, -0.2) is 36.1 Å². The molecule has 86 valence electrons. The predicted molar refractivity (Wildman–Crippen MR) is 66.3 cm³/mol. The molecule has 0 spiro atoms. The highest BCUT2D eigenvalue weighted by atomic mass is 32.1. The summed E-state index contributed by atoms with van der Waals surface area (Å²) in [6.07, 6.45) is 1.88. The third-order valence-electron chi connectivity index (χ3n) is 2.01. The normalized spacial score (nSPS) is 12.4. The summed E-state index contributed by atoms with van der Waals surface area (Å²) < 4.78 is 0. The van der Waals surface area contributed by atoms with Crippen LogP contribution in [0.4, 0.5) is 0 Å². The zero-order valence-electron chi connectivity index (χ0n) is 10.1. The summed E-state index contributed by atoms with van der Waals surface area (Å²) in [6.45, 7) is 5.12. The Kier molecular flexibility index (Phi) is 4.25. The van der Waals surface area contributed by atoms with E-state index in [1.54, 1.807) is 11.3 Å². The van der Waals surface area contributed by atoms with Crippen molar-refractivity contribution in [1.82, 2.24) is 9.88 Å². The summed E-state index contributed by atoms with van der Waals surface area (Å²) in [6, 6.07) is 0. The van der Waals surface area contributed by atoms with Crippen molar-refractivity contribution in [2.75, 3.05) is 20.6 Å². The van der Waals surface area contributed by atoms with Crippen molar-refractivity contribution < 1.29 is 0 Å². The van der Waals surface area contributed by atoms with Crippen LogP contribution in [0.5, 0.6) is 0 Å². The molecule has 0 fully saturated rings. The summed E-state index contributed by atoms with van der Waals surface area (Å²) in [7, 11) is 4.16. The van der Waals surface area contributed by atoms with Crippen LogP contribution in [0.25, 0.3) is 0 Å². The number of hydrogen-bond donors (Lipinski definition) is 1. The Morgan fingerprint density at radius 2 is 2.13 bits per heavy atom. The van der Waals surface area contributed by atoms with Crippen molar-refractivity contribution in [3.05, 3.63) is 16.1 Å². The lowest BCUT2D eigenvalue weighted by atomic mass is 10.0. The van der Waals surface area contributed by atoms with Gasteiger partial charge in [-0.15, -0.1) is 11.3 Å².